The van der Waals surface area contributed by atoms with Crippen LogP contribution in [0.1, 0.15) is 81.5 Å². The lowest BCUT2D eigenvalue weighted by atomic mass is 9.88. The first-order chi connectivity index (χ1) is 15.5. The monoisotopic (exact) mass is 490 g/mol. The number of carbonyl (C=O) groups excluding carboxylic acids is 2. The lowest BCUT2D eigenvalue weighted by Crippen LogP contribution is -2.35. The number of carboxylic acid groups (broad SMARTS) is 2. The number of aromatic carboxylic acids is 2. The number of unbranched alkanes of at least 4 members (excludes halogenated alkanes) is 1. The molecule has 0 saturated carbocycles. The summed E-state index contributed by atoms with van der Waals surface area (Å²) in [6.45, 7) is 5.84. The van der Waals surface area contributed by atoms with Gasteiger partial charge in [0.15, 0.2) is 0 Å². The lowest BCUT2D eigenvalue weighted by molar-refractivity contribution is -0.0286. The standard InChI is InChI=1S/C25H28O8.2H3N/c1-16(25(2,3)33-24(31)20-13-9-18(10-14-20)22(28)29)6-4-5-15-32-23(30)19-11-7-17(8-12-19)21(26)27;;/h7-14,16H,4-6,15H2,1-3H3,(H,26,27)(H,28,29);2*1H3. The maximum atomic E-state index is 12.4. The minimum absolute atomic E-state index is 0. The highest BCUT2D eigenvalue weighted by atomic mass is 16.6. The Balaban J connectivity index is 0.00000578. The Hall–Kier alpha value is -3.76. The molecular weight excluding hydrogens is 456 g/mol. The van der Waals surface area contributed by atoms with Gasteiger partial charge in [-0.1, -0.05) is 6.92 Å². The molecule has 2 rings (SSSR count). The largest absolute Gasteiger partial charge is 0.478 e. The minimum atomic E-state index is -1.06. The van der Waals surface area contributed by atoms with E-state index in [9.17, 15) is 19.2 Å². The first kappa shape index (κ1) is 31.2. The SMILES string of the molecule is CC(CCCCOC(=O)c1ccc(C(=O)O)cc1)C(C)(C)OC(=O)c1ccc(C(=O)O)cc1.N.N. The number of rotatable bonds is 11. The molecule has 10 heteroatoms. The maximum absolute atomic E-state index is 12.4. The molecule has 0 heterocycles. The maximum Gasteiger partial charge on any atom is 0.338 e. The van der Waals surface area contributed by atoms with E-state index >= 15 is 0 Å². The number of hydrogen-bond donors (Lipinski definition) is 4. The third-order valence-corrected chi connectivity index (χ3v) is 5.54. The van der Waals surface area contributed by atoms with Crippen molar-refractivity contribution >= 4 is 23.9 Å². The highest BCUT2D eigenvalue weighted by Crippen LogP contribution is 2.27. The van der Waals surface area contributed by atoms with Crippen molar-refractivity contribution < 1.29 is 38.9 Å². The summed E-state index contributed by atoms with van der Waals surface area (Å²) in [4.78, 5) is 46.2. The van der Waals surface area contributed by atoms with E-state index < -0.39 is 29.5 Å². The van der Waals surface area contributed by atoms with Gasteiger partial charge in [-0.2, -0.15) is 0 Å². The molecule has 35 heavy (non-hydrogen) atoms. The van der Waals surface area contributed by atoms with Crippen LogP contribution in [-0.4, -0.2) is 46.3 Å². The third kappa shape index (κ3) is 9.19. The quantitative estimate of drug-likeness (QED) is 0.245. The van der Waals surface area contributed by atoms with Crippen molar-refractivity contribution in [3.63, 3.8) is 0 Å². The zero-order valence-electron chi connectivity index (χ0n) is 20.3. The second-order valence-electron chi connectivity index (χ2n) is 8.29. The van der Waals surface area contributed by atoms with Gasteiger partial charge in [-0.05, 0) is 87.6 Å². The van der Waals surface area contributed by atoms with E-state index in [2.05, 4.69) is 0 Å². The zero-order valence-corrected chi connectivity index (χ0v) is 20.3. The van der Waals surface area contributed by atoms with E-state index in [0.717, 1.165) is 12.8 Å². The number of hydrogen-bond acceptors (Lipinski definition) is 8. The molecule has 2 aromatic rings. The summed E-state index contributed by atoms with van der Waals surface area (Å²) in [5.74, 6) is -3.13. The van der Waals surface area contributed by atoms with E-state index in [0.29, 0.717) is 6.42 Å². The first-order valence-corrected chi connectivity index (χ1v) is 10.6. The number of ether oxygens (including phenoxy) is 2. The van der Waals surface area contributed by atoms with E-state index in [1.807, 2.05) is 20.8 Å². The van der Waals surface area contributed by atoms with Crippen LogP contribution in [0.4, 0.5) is 0 Å². The minimum Gasteiger partial charge on any atom is -0.478 e. The van der Waals surface area contributed by atoms with Gasteiger partial charge in [-0.3, -0.25) is 0 Å². The van der Waals surface area contributed by atoms with E-state index in [1.165, 1.54) is 48.5 Å². The van der Waals surface area contributed by atoms with Crippen LogP contribution >= 0.6 is 0 Å². The third-order valence-electron chi connectivity index (χ3n) is 5.54. The van der Waals surface area contributed by atoms with Gasteiger partial charge in [0.05, 0.1) is 28.9 Å². The Morgan fingerprint density at radius 2 is 1.14 bits per heavy atom. The normalized spacial score (nSPS) is 11.3. The Labute approximate surface area is 204 Å². The molecule has 0 aliphatic heterocycles. The van der Waals surface area contributed by atoms with E-state index in [1.54, 1.807) is 0 Å². The van der Waals surface area contributed by atoms with Gasteiger partial charge in [-0.15, -0.1) is 0 Å². The van der Waals surface area contributed by atoms with Gasteiger partial charge in [0, 0.05) is 0 Å². The molecule has 0 aromatic heterocycles. The molecule has 0 radical (unpaired) electrons. The molecule has 192 valence electrons. The van der Waals surface area contributed by atoms with Crippen molar-refractivity contribution in [2.45, 2.75) is 45.6 Å². The van der Waals surface area contributed by atoms with Crippen LogP contribution in [0.3, 0.4) is 0 Å². The number of carboxylic acids is 2. The molecule has 10 nitrogen and oxygen atoms in total. The molecule has 2 aromatic carbocycles. The van der Waals surface area contributed by atoms with E-state index in [-0.39, 0.29) is 47.1 Å². The van der Waals surface area contributed by atoms with Gasteiger partial charge in [-0.25, -0.2) is 19.2 Å². The molecule has 0 fully saturated rings. The fourth-order valence-electron chi connectivity index (χ4n) is 3.04. The fourth-order valence-corrected chi connectivity index (χ4v) is 3.04. The molecule has 0 aliphatic carbocycles. The summed E-state index contributed by atoms with van der Waals surface area (Å²) in [5.41, 5.74) is 0.0186. The summed E-state index contributed by atoms with van der Waals surface area (Å²) in [6.07, 6.45) is 2.12. The van der Waals surface area contributed by atoms with Crippen molar-refractivity contribution in [1.29, 1.82) is 0 Å². The molecule has 8 N–H and O–H groups in total. The molecule has 1 atom stereocenters. The summed E-state index contributed by atoms with van der Waals surface area (Å²) < 4.78 is 10.9. The molecule has 0 spiro atoms. The smallest absolute Gasteiger partial charge is 0.338 e. The summed E-state index contributed by atoms with van der Waals surface area (Å²) >= 11 is 0. The average molecular weight is 491 g/mol. The average Bonchev–Trinajstić information content (AvgIpc) is 2.78. The van der Waals surface area contributed by atoms with Crippen molar-refractivity contribution in [2.75, 3.05) is 6.61 Å². The van der Waals surface area contributed by atoms with Crippen LogP contribution in [0, 0.1) is 5.92 Å². The Kier molecular flexibility index (Phi) is 12.3. The lowest BCUT2D eigenvalue weighted by Gasteiger charge is -2.31. The van der Waals surface area contributed by atoms with Gasteiger partial charge in [0.1, 0.15) is 5.60 Å². The predicted octanol–water partition coefficient (Wildman–Crippen LogP) is 5.01. The Morgan fingerprint density at radius 3 is 1.57 bits per heavy atom. The van der Waals surface area contributed by atoms with Crippen molar-refractivity contribution in [1.82, 2.24) is 12.3 Å². The van der Waals surface area contributed by atoms with Crippen LogP contribution in [0.25, 0.3) is 0 Å². The van der Waals surface area contributed by atoms with Gasteiger partial charge in [0.25, 0.3) is 0 Å². The molecule has 0 amide bonds. The van der Waals surface area contributed by atoms with Crippen LogP contribution in [0.2, 0.25) is 0 Å². The molecular formula is C25H34N2O8. The summed E-state index contributed by atoms with van der Waals surface area (Å²) in [6, 6.07) is 11.1. The van der Waals surface area contributed by atoms with E-state index in [4.69, 9.17) is 19.7 Å². The molecule has 0 aliphatic rings. The van der Waals surface area contributed by atoms with Crippen molar-refractivity contribution in [3.05, 3.63) is 70.8 Å². The first-order valence-electron chi connectivity index (χ1n) is 10.6. The van der Waals surface area contributed by atoms with Crippen molar-refractivity contribution in [2.24, 2.45) is 5.92 Å². The topological polar surface area (TPSA) is 197 Å². The predicted molar refractivity (Wildman–Crippen MR) is 130 cm³/mol. The van der Waals surface area contributed by atoms with Gasteiger partial charge in [0.2, 0.25) is 0 Å². The van der Waals surface area contributed by atoms with Crippen molar-refractivity contribution in [3.8, 4) is 0 Å². The summed E-state index contributed by atoms with van der Waals surface area (Å²) in [7, 11) is 0. The second kappa shape index (κ2) is 13.8. The number of esters is 2. The number of benzene rings is 2. The van der Waals surface area contributed by atoms with Gasteiger partial charge < -0.3 is 32.0 Å². The second-order valence-corrected chi connectivity index (χ2v) is 8.29. The Bertz CT molecular complexity index is 1000. The fraction of sp³-hybridized carbons (Fsp3) is 0.360. The number of carbonyl (C=O) groups is 4. The van der Waals surface area contributed by atoms with Crippen LogP contribution in [0.15, 0.2) is 48.5 Å². The van der Waals surface area contributed by atoms with Crippen LogP contribution in [-0.2, 0) is 9.47 Å². The Morgan fingerprint density at radius 1 is 0.743 bits per heavy atom. The highest BCUT2D eigenvalue weighted by Gasteiger charge is 2.30. The molecule has 1 unspecified atom stereocenters. The molecule has 0 saturated heterocycles. The highest BCUT2D eigenvalue weighted by molar-refractivity contribution is 5.93. The zero-order chi connectivity index (χ0) is 24.6. The molecule has 0 bridgehead atoms. The van der Waals surface area contributed by atoms with Gasteiger partial charge >= 0.3 is 23.9 Å². The van der Waals surface area contributed by atoms with Crippen LogP contribution in [0.5, 0.6) is 0 Å². The van der Waals surface area contributed by atoms with Crippen LogP contribution < -0.4 is 12.3 Å². The summed E-state index contributed by atoms with van der Waals surface area (Å²) in [5, 5.41) is 17.8.